The molecule has 3 rings (SSSR count). The first-order valence-corrected chi connectivity index (χ1v) is 8.19. The van der Waals surface area contributed by atoms with Crippen molar-refractivity contribution in [3.8, 4) is 11.5 Å². The van der Waals surface area contributed by atoms with Crippen LogP contribution in [0.3, 0.4) is 0 Å². The Morgan fingerprint density at radius 1 is 1.38 bits per heavy atom. The third kappa shape index (κ3) is 3.73. The number of likely N-dealkylation sites (tertiary alicyclic amines) is 1. The number of esters is 1. The van der Waals surface area contributed by atoms with E-state index < -0.39 is 5.76 Å². The van der Waals surface area contributed by atoms with Gasteiger partial charge in [0.15, 0.2) is 0 Å². The Hall–Kier alpha value is -2.41. The van der Waals surface area contributed by atoms with Crippen LogP contribution < -0.4 is 5.76 Å². The molecule has 2 aromatic rings. The second kappa shape index (κ2) is 7.44. The lowest BCUT2D eigenvalue weighted by Gasteiger charge is -2.30. The van der Waals surface area contributed by atoms with Crippen LogP contribution in [0.5, 0.6) is 0 Å². The number of carbonyl (C=O) groups excluding carboxylic acids is 1. The van der Waals surface area contributed by atoms with Gasteiger partial charge >= 0.3 is 11.7 Å². The lowest BCUT2D eigenvalue weighted by Crippen LogP contribution is -2.41. The fourth-order valence-electron chi connectivity index (χ4n) is 2.92. The van der Waals surface area contributed by atoms with Gasteiger partial charge in [-0.3, -0.25) is 9.69 Å². The molecule has 1 aliphatic rings. The normalized spacial score (nSPS) is 18.5. The predicted molar refractivity (Wildman–Crippen MR) is 87.1 cm³/mol. The molecular weight excluding hydrogens is 310 g/mol. The van der Waals surface area contributed by atoms with Gasteiger partial charge in [-0.1, -0.05) is 18.2 Å². The standard InChI is InChI=1S/C17H21N3O4/c1-2-23-16(21)14-9-6-10-19(11-14)12-20-17(22)24-15(18-20)13-7-4-3-5-8-13/h3-5,7-8,14H,2,6,9-12H2,1H3. The fraction of sp³-hybridized carbons (Fsp3) is 0.471. The van der Waals surface area contributed by atoms with Crippen LogP contribution in [0, 0.1) is 5.92 Å². The molecule has 1 atom stereocenters. The predicted octanol–water partition coefficient (Wildman–Crippen LogP) is 1.74. The fourth-order valence-corrected chi connectivity index (χ4v) is 2.92. The summed E-state index contributed by atoms with van der Waals surface area (Å²) in [5, 5.41) is 4.26. The molecule has 7 heteroatoms. The molecular formula is C17H21N3O4. The number of aromatic nitrogens is 2. The van der Waals surface area contributed by atoms with Crippen molar-refractivity contribution in [3.05, 3.63) is 40.9 Å². The van der Waals surface area contributed by atoms with Crippen molar-refractivity contribution in [2.24, 2.45) is 5.92 Å². The molecule has 1 aliphatic heterocycles. The Bertz CT molecular complexity index is 738. The molecule has 1 aromatic heterocycles. The first-order valence-electron chi connectivity index (χ1n) is 8.19. The number of benzene rings is 1. The van der Waals surface area contributed by atoms with Crippen molar-refractivity contribution in [2.75, 3.05) is 19.7 Å². The highest BCUT2D eigenvalue weighted by atomic mass is 16.5. The Balaban J connectivity index is 1.69. The molecule has 0 aliphatic carbocycles. The number of rotatable bonds is 5. The summed E-state index contributed by atoms with van der Waals surface area (Å²) < 4.78 is 11.6. The maximum atomic E-state index is 12.0. The van der Waals surface area contributed by atoms with Gasteiger partial charge in [0.1, 0.15) is 6.67 Å². The Morgan fingerprint density at radius 3 is 2.92 bits per heavy atom. The van der Waals surface area contributed by atoms with Crippen LogP contribution in [0.2, 0.25) is 0 Å². The number of carbonyl (C=O) groups is 1. The van der Waals surface area contributed by atoms with E-state index in [1.54, 1.807) is 6.92 Å². The average Bonchev–Trinajstić information content (AvgIpc) is 2.97. The second-order valence-corrected chi connectivity index (χ2v) is 5.85. The molecule has 0 N–H and O–H groups in total. The van der Waals surface area contributed by atoms with E-state index >= 15 is 0 Å². The van der Waals surface area contributed by atoms with Crippen LogP contribution in [0.25, 0.3) is 11.5 Å². The Kier molecular flexibility index (Phi) is 5.10. The molecule has 0 bridgehead atoms. The zero-order valence-electron chi connectivity index (χ0n) is 13.7. The van der Waals surface area contributed by atoms with Crippen molar-refractivity contribution in [1.82, 2.24) is 14.7 Å². The summed E-state index contributed by atoms with van der Waals surface area (Å²) in [6.45, 7) is 3.89. The zero-order valence-corrected chi connectivity index (χ0v) is 13.7. The Labute approximate surface area is 139 Å². The summed E-state index contributed by atoms with van der Waals surface area (Å²) in [6.07, 6.45) is 1.71. The zero-order chi connectivity index (χ0) is 16.9. The van der Waals surface area contributed by atoms with Crippen LogP contribution in [0.15, 0.2) is 39.5 Å². The molecule has 0 radical (unpaired) electrons. The first-order chi connectivity index (χ1) is 11.7. The highest BCUT2D eigenvalue weighted by Gasteiger charge is 2.27. The van der Waals surface area contributed by atoms with Gasteiger partial charge in [0.2, 0.25) is 5.89 Å². The summed E-state index contributed by atoms with van der Waals surface area (Å²) in [7, 11) is 0. The summed E-state index contributed by atoms with van der Waals surface area (Å²) in [4.78, 5) is 26.0. The number of hydrogen-bond donors (Lipinski definition) is 0. The average molecular weight is 331 g/mol. The van der Waals surface area contributed by atoms with Gasteiger partial charge in [-0.15, -0.1) is 5.10 Å². The molecule has 24 heavy (non-hydrogen) atoms. The number of piperidine rings is 1. The SMILES string of the molecule is CCOC(=O)C1CCCN(Cn2nc(-c3ccccc3)oc2=O)C1. The molecule has 1 unspecified atom stereocenters. The number of nitrogens with zero attached hydrogens (tertiary/aromatic N) is 3. The molecule has 0 amide bonds. The monoisotopic (exact) mass is 331 g/mol. The van der Waals surface area contributed by atoms with Crippen LogP contribution >= 0.6 is 0 Å². The molecule has 7 nitrogen and oxygen atoms in total. The Morgan fingerprint density at radius 2 is 2.17 bits per heavy atom. The van der Waals surface area contributed by atoms with E-state index in [0.717, 1.165) is 24.9 Å². The van der Waals surface area contributed by atoms with Crippen LogP contribution in [-0.4, -0.2) is 40.3 Å². The van der Waals surface area contributed by atoms with Crippen molar-refractivity contribution < 1.29 is 13.9 Å². The summed E-state index contributed by atoms with van der Waals surface area (Å²) in [5.41, 5.74) is 0.761. The minimum atomic E-state index is -0.493. The van der Waals surface area contributed by atoms with E-state index in [1.165, 1.54) is 4.68 Å². The lowest BCUT2D eigenvalue weighted by atomic mass is 9.99. The second-order valence-electron chi connectivity index (χ2n) is 5.85. The van der Waals surface area contributed by atoms with E-state index in [4.69, 9.17) is 9.15 Å². The maximum absolute atomic E-state index is 12.0. The summed E-state index contributed by atoms with van der Waals surface area (Å²) >= 11 is 0. The quantitative estimate of drug-likeness (QED) is 0.777. The summed E-state index contributed by atoms with van der Waals surface area (Å²) in [5.74, 6) is -0.499. The number of hydrogen-bond acceptors (Lipinski definition) is 6. The smallest absolute Gasteiger partial charge is 0.438 e. The first kappa shape index (κ1) is 16.4. The van der Waals surface area contributed by atoms with E-state index in [0.29, 0.717) is 25.7 Å². The van der Waals surface area contributed by atoms with Gasteiger partial charge in [0.25, 0.3) is 0 Å². The van der Waals surface area contributed by atoms with Gasteiger partial charge in [0, 0.05) is 12.1 Å². The number of ether oxygens (including phenoxy) is 1. The van der Waals surface area contributed by atoms with E-state index in [2.05, 4.69) is 5.10 Å². The highest BCUT2D eigenvalue weighted by Crippen LogP contribution is 2.19. The summed E-state index contributed by atoms with van der Waals surface area (Å²) in [6, 6.07) is 9.30. The third-order valence-electron chi connectivity index (χ3n) is 4.09. The molecule has 1 saturated heterocycles. The molecule has 1 aromatic carbocycles. The largest absolute Gasteiger partial charge is 0.466 e. The minimum absolute atomic E-state index is 0.144. The lowest BCUT2D eigenvalue weighted by molar-refractivity contribution is -0.150. The maximum Gasteiger partial charge on any atom is 0.438 e. The van der Waals surface area contributed by atoms with Crippen LogP contribution in [0.4, 0.5) is 0 Å². The van der Waals surface area contributed by atoms with Crippen LogP contribution in [-0.2, 0) is 16.2 Å². The molecule has 2 heterocycles. The van der Waals surface area contributed by atoms with E-state index in [1.807, 2.05) is 35.2 Å². The van der Waals surface area contributed by atoms with Crippen LogP contribution in [0.1, 0.15) is 19.8 Å². The van der Waals surface area contributed by atoms with Crippen molar-refractivity contribution in [1.29, 1.82) is 0 Å². The van der Waals surface area contributed by atoms with Crippen molar-refractivity contribution in [3.63, 3.8) is 0 Å². The van der Waals surface area contributed by atoms with Gasteiger partial charge < -0.3 is 9.15 Å². The van der Waals surface area contributed by atoms with Gasteiger partial charge in [-0.05, 0) is 38.4 Å². The highest BCUT2D eigenvalue weighted by molar-refractivity contribution is 5.72. The van der Waals surface area contributed by atoms with Crippen molar-refractivity contribution >= 4 is 5.97 Å². The molecule has 128 valence electrons. The van der Waals surface area contributed by atoms with E-state index in [-0.39, 0.29) is 11.9 Å². The topological polar surface area (TPSA) is 77.6 Å². The molecule has 0 spiro atoms. The van der Waals surface area contributed by atoms with E-state index in [9.17, 15) is 9.59 Å². The van der Waals surface area contributed by atoms with Gasteiger partial charge in [-0.2, -0.15) is 4.68 Å². The minimum Gasteiger partial charge on any atom is -0.466 e. The third-order valence-corrected chi connectivity index (χ3v) is 4.09. The van der Waals surface area contributed by atoms with Crippen molar-refractivity contribution in [2.45, 2.75) is 26.4 Å². The molecule has 1 fully saturated rings. The van der Waals surface area contributed by atoms with Gasteiger partial charge in [-0.25, -0.2) is 4.79 Å². The molecule has 0 saturated carbocycles. The van der Waals surface area contributed by atoms with Gasteiger partial charge in [0.05, 0.1) is 12.5 Å².